The summed E-state index contributed by atoms with van der Waals surface area (Å²) in [5, 5.41) is 0. The van der Waals surface area contributed by atoms with Crippen molar-refractivity contribution < 1.29 is 9.47 Å². The first kappa shape index (κ1) is 25.0. The highest BCUT2D eigenvalue weighted by Crippen LogP contribution is 2.28. The lowest BCUT2D eigenvalue weighted by atomic mass is 10.0. The number of para-hydroxylation sites is 1. The molecule has 0 spiro atoms. The number of epoxide rings is 1. The van der Waals surface area contributed by atoms with Crippen molar-refractivity contribution >= 4 is 0 Å². The molecule has 2 nitrogen and oxygen atoms in total. The molecule has 2 heteroatoms. The highest BCUT2D eigenvalue weighted by molar-refractivity contribution is 5.33. The van der Waals surface area contributed by atoms with Gasteiger partial charge in [-0.1, -0.05) is 95.1 Å². The molecule has 0 saturated carbocycles. The second-order valence-electron chi connectivity index (χ2n) is 9.32. The van der Waals surface area contributed by atoms with Crippen molar-refractivity contribution in [2.75, 3.05) is 13.2 Å². The Balaban J connectivity index is 1.39. The van der Waals surface area contributed by atoms with E-state index in [-0.39, 0.29) is 5.60 Å². The molecule has 1 aromatic carbocycles. The molecule has 0 radical (unpaired) electrons. The number of hydrogen-bond acceptors (Lipinski definition) is 2. The van der Waals surface area contributed by atoms with Gasteiger partial charge in [0.05, 0.1) is 6.61 Å². The van der Waals surface area contributed by atoms with E-state index in [2.05, 4.69) is 50.3 Å². The van der Waals surface area contributed by atoms with Gasteiger partial charge in [0, 0.05) is 0 Å². The Morgan fingerprint density at radius 1 is 0.833 bits per heavy atom. The average Bonchev–Trinajstić information content (AvgIpc) is 3.50. The zero-order valence-corrected chi connectivity index (χ0v) is 19.8. The molecule has 170 valence electrons. The molecular weight excluding hydrogens is 368 g/mol. The number of rotatable bonds is 19. The zero-order valence-electron chi connectivity index (χ0n) is 19.8. The summed E-state index contributed by atoms with van der Waals surface area (Å²) in [6.07, 6.45) is 24.9. The molecule has 0 amide bonds. The minimum absolute atomic E-state index is 0.0436. The molecule has 0 aromatic heterocycles. The molecule has 0 N–H and O–H groups in total. The monoisotopic (exact) mass is 414 g/mol. The van der Waals surface area contributed by atoms with E-state index in [0.29, 0.717) is 6.61 Å². The number of benzene rings is 1. The van der Waals surface area contributed by atoms with Crippen LogP contribution in [-0.2, 0) is 11.2 Å². The Morgan fingerprint density at radius 2 is 1.40 bits per heavy atom. The molecular formula is C28H46O2. The van der Waals surface area contributed by atoms with E-state index in [9.17, 15) is 0 Å². The Morgan fingerprint density at radius 3 is 2.03 bits per heavy atom. The van der Waals surface area contributed by atoms with Crippen molar-refractivity contribution in [1.29, 1.82) is 0 Å². The Labute approximate surface area is 186 Å². The highest BCUT2D eigenvalue weighted by Gasteiger charge is 2.40. The molecule has 30 heavy (non-hydrogen) atoms. The van der Waals surface area contributed by atoms with Gasteiger partial charge < -0.3 is 9.47 Å². The maximum Gasteiger partial charge on any atom is 0.123 e. The number of allylic oxidation sites excluding steroid dienone is 2. The fourth-order valence-corrected chi connectivity index (χ4v) is 3.85. The van der Waals surface area contributed by atoms with Crippen molar-refractivity contribution in [3.05, 3.63) is 42.0 Å². The maximum absolute atomic E-state index is 6.01. The molecule has 1 fully saturated rings. The first-order chi connectivity index (χ1) is 14.7. The van der Waals surface area contributed by atoms with Gasteiger partial charge in [-0.25, -0.2) is 0 Å². The standard InChI is InChI=1S/C28H46O2/c1-3-4-5-6-7-8-9-10-11-12-13-14-15-16-17-18-21-26-22-19-20-23-27(26)29-24-28(2)25-30-28/h7-8,19-20,22-23H,3-6,9-18,21,24-25H2,1-2H3/b8-7+. The Kier molecular flexibility index (Phi) is 12.9. The Hall–Kier alpha value is -1.28. The number of unbranched alkanes of at least 4 members (excludes halogenated alkanes) is 12. The minimum Gasteiger partial charge on any atom is -0.490 e. The third-order valence-corrected chi connectivity index (χ3v) is 6.10. The summed E-state index contributed by atoms with van der Waals surface area (Å²) in [5.74, 6) is 1.05. The van der Waals surface area contributed by atoms with E-state index in [1.165, 1.54) is 95.5 Å². The third-order valence-electron chi connectivity index (χ3n) is 6.10. The van der Waals surface area contributed by atoms with Gasteiger partial charge in [-0.05, 0) is 57.1 Å². The van der Waals surface area contributed by atoms with Gasteiger partial charge in [-0.15, -0.1) is 0 Å². The van der Waals surface area contributed by atoms with Crippen molar-refractivity contribution in [3.8, 4) is 5.75 Å². The molecule has 1 aromatic rings. The van der Waals surface area contributed by atoms with Gasteiger partial charge in [0.15, 0.2) is 0 Å². The van der Waals surface area contributed by atoms with Crippen molar-refractivity contribution in [2.45, 2.75) is 116 Å². The summed E-state index contributed by atoms with van der Waals surface area (Å²) in [6.45, 7) is 5.87. The van der Waals surface area contributed by atoms with Crippen LogP contribution in [0.3, 0.4) is 0 Å². The van der Waals surface area contributed by atoms with E-state index in [1.807, 2.05) is 0 Å². The topological polar surface area (TPSA) is 21.8 Å². The lowest BCUT2D eigenvalue weighted by Crippen LogP contribution is -2.17. The van der Waals surface area contributed by atoms with Crippen LogP contribution in [-0.4, -0.2) is 18.8 Å². The lowest BCUT2D eigenvalue weighted by molar-refractivity contribution is 0.201. The second-order valence-corrected chi connectivity index (χ2v) is 9.32. The van der Waals surface area contributed by atoms with Gasteiger partial charge in [-0.3, -0.25) is 0 Å². The van der Waals surface area contributed by atoms with Gasteiger partial charge in [0.25, 0.3) is 0 Å². The normalized spacial score (nSPS) is 18.2. The van der Waals surface area contributed by atoms with Crippen LogP contribution < -0.4 is 4.74 Å². The first-order valence-corrected chi connectivity index (χ1v) is 12.7. The summed E-state index contributed by atoms with van der Waals surface area (Å²) in [5.41, 5.74) is 1.30. The van der Waals surface area contributed by atoms with Gasteiger partial charge in [0.2, 0.25) is 0 Å². The summed E-state index contributed by atoms with van der Waals surface area (Å²) in [7, 11) is 0. The highest BCUT2D eigenvalue weighted by atomic mass is 16.6. The van der Waals surface area contributed by atoms with Gasteiger partial charge in [0.1, 0.15) is 18.0 Å². The number of hydrogen-bond donors (Lipinski definition) is 0. The first-order valence-electron chi connectivity index (χ1n) is 12.7. The fraction of sp³-hybridized carbons (Fsp3) is 0.714. The molecule has 0 bridgehead atoms. The molecule has 1 unspecified atom stereocenters. The van der Waals surface area contributed by atoms with E-state index < -0.39 is 0 Å². The molecule has 1 aliphatic heterocycles. The quantitative estimate of drug-likeness (QED) is 0.129. The van der Waals surface area contributed by atoms with Crippen LogP contribution in [0, 0.1) is 0 Å². The summed E-state index contributed by atoms with van der Waals surface area (Å²) < 4.78 is 11.4. The van der Waals surface area contributed by atoms with Gasteiger partial charge >= 0.3 is 0 Å². The van der Waals surface area contributed by atoms with E-state index in [0.717, 1.165) is 18.8 Å². The van der Waals surface area contributed by atoms with Crippen molar-refractivity contribution in [2.24, 2.45) is 0 Å². The molecule has 1 heterocycles. The summed E-state index contributed by atoms with van der Waals surface area (Å²) in [6, 6.07) is 8.51. The fourth-order valence-electron chi connectivity index (χ4n) is 3.85. The van der Waals surface area contributed by atoms with Crippen LogP contribution in [0.4, 0.5) is 0 Å². The second kappa shape index (κ2) is 15.5. The lowest BCUT2D eigenvalue weighted by Gasteiger charge is -2.13. The van der Waals surface area contributed by atoms with E-state index in [4.69, 9.17) is 9.47 Å². The zero-order chi connectivity index (χ0) is 21.3. The minimum atomic E-state index is -0.0436. The smallest absolute Gasteiger partial charge is 0.123 e. The number of aryl methyl sites for hydroxylation is 1. The van der Waals surface area contributed by atoms with E-state index >= 15 is 0 Å². The predicted octanol–water partition coefficient (Wildman–Crippen LogP) is 8.43. The van der Waals surface area contributed by atoms with Crippen LogP contribution in [0.5, 0.6) is 5.75 Å². The van der Waals surface area contributed by atoms with Crippen molar-refractivity contribution in [1.82, 2.24) is 0 Å². The maximum atomic E-state index is 6.01. The van der Waals surface area contributed by atoms with Crippen LogP contribution in [0.25, 0.3) is 0 Å². The average molecular weight is 415 g/mol. The summed E-state index contributed by atoms with van der Waals surface area (Å²) >= 11 is 0. The molecule has 0 aliphatic carbocycles. The number of ether oxygens (including phenoxy) is 2. The predicted molar refractivity (Wildman–Crippen MR) is 129 cm³/mol. The molecule has 1 aliphatic rings. The molecule has 1 atom stereocenters. The molecule has 1 saturated heterocycles. The Bertz CT molecular complexity index is 574. The van der Waals surface area contributed by atoms with Crippen LogP contribution in [0.1, 0.15) is 109 Å². The molecule has 2 rings (SSSR count). The third kappa shape index (κ3) is 11.8. The van der Waals surface area contributed by atoms with Gasteiger partial charge in [-0.2, -0.15) is 0 Å². The van der Waals surface area contributed by atoms with Crippen LogP contribution in [0.2, 0.25) is 0 Å². The van der Waals surface area contributed by atoms with E-state index in [1.54, 1.807) is 0 Å². The largest absolute Gasteiger partial charge is 0.490 e. The van der Waals surface area contributed by atoms with Crippen LogP contribution >= 0.6 is 0 Å². The summed E-state index contributed by atoms with van der Waals surface area (Å²) in [4.78, 5) is 0. The SMILES string of the molecule is CCCCC/C=C/CCCCCCCCCCCc1ccccc1OCC1(C)CO1. The van der Waals surface area contributed by atoms with Crippen LogP contribution in [0.15, 0.2) is 36.4 Å². The van der Waals surface area contributed by atoms with Crippen molar-refractivity contribution in [3.63, 3.8) is 0 Å².